The van der Waals surface area contributed by atoms with E-state index in [4.69, 9.17) is 8.83 Å². The van der Waals surface area contributed by atoms with Gasteiger partial charge in [-0.15, -0.1) is 0 Å². The average Bonchev–Trinajstić information content (AvgIpc) is 1.50. The first-order valence-electron chi connectivity index (χ1n) is 31.1. The third-order valence-corrected chi connectivity index (χ3v) is 19.2. The van der Waals surface area contributed by atoms with Gasteiger partial charge in [0.25, 0.3) is 0 Å². The Morgan fingerprint density at radius 1 is 0.310 bits per heavy atom. The molecule has 1 spiro atoms. The van der Waals surface area contributed by atoms with Gasteiger partial charge in [0.15, 0.2) is 11.2 Å². The van der Waals surface area contributed by atoms with Crippen LogP contribution in [0.1, 0.15) is 126 Å². The van der Waals surface area contributed by atoms with E-state index < -0.39 is 5.41 Å². The number of furan rings is 2. The lowest BCUT2D eigenvalue weighted by Gasteiger charge is -2.34. The van der Waals surface area contributed by atoms with Crippen LogP contribution in [0.15, 0.2) is 239 Å². The van der Waals surface area contributed by atoms with Gasteiger partial charge < -0.3 is 18.6 Å². The van der Waals surface area contributed by atoms with Gasteiger partial charge in [0.05, 0.1) is 16.8 Å². The normalized spacial score (nSPS) is 13.5. The van der Waals surface area contributed by atoms with Crippen molar-refractivity contribution in [2.24, 2.45) is 0 Å². The average molecular weight is 1130 g/mol. The number of para-hydroxylation sites is 6. The Balaban J connectivity index is 0.965. The molecule has 16 rings (SSSR count). The summed E-state index contributed by atoms with van der Waals surface area (Å²) in [4.78, 5) is 4.83. The van der Waals surface area contributed by atoms with Crippen molar-refractivity contribution in [2.75, 3.05) is 9.80 Å². The van der Waals surface area contributed by atoms with Gasteiger partial charge in [0.2, 0.25) is 0 Å². The molecule has 0 bridgehead atoms. The lowest BCUT2D eigenvalue weighted by atomic mass is 9.67. The molecule has 0 radical (unpaired) electrons. The first-order valence-corrected chi connectivity index (χ1v) is 31.1. The zero-order chi connectivity index (χ0) is 59.4. The third-order valence-electron chi connectivity index (χ3n) is 19.2. The SMILES string of the molecule is CC(C)c1cc2c(c3ccc(N(c4ccccc4)c4cccc5c4oc4c(C(C)(C)C)cccc45)cc13)C1(c3ccccc3-c3ccccc31)c1c-2cc(C(C)C)c2cc(N(c3ccccc3)c3cccc4c3oc3c(C(C)(C)C)cccc34)ccc12. The molecule has 0 aliphatic heterocycles. The van der Waals surface area contributed by atoms with Crippen molar-refractivity contribution in [3.05, 3.63) is 275 Å². The van der Waals surface area contributed by atoms with Crippen molar-refractivity contribution >= 4 is 99.5 Å². The molecule has 87 heavy (non-hydrogen) atoms. The standard InChI is InChI=1S/C83H70N2O2/c1-49(2)63-47-67-68-48-64(50(3)4)66-46-54(85(52-27-15-12-16-28-52)74-40-24-34-62-60-32-22-38-72(82(8,9)10)78(60)87-80(62)74)42-44-58(66)76(68)83(69-35-19-17-29-55(69)56-30-18-20-36-70(56)83)75(67)57-43-41-53(45-65(57)63)84(51-25-13-11-14-26-51)73-39-23-33-61-59-31-21-37-71(81(5,6)7)77(59)86-79(61)73/h11-50H,1-10H3. The topological polar surface area (TPSA) is 32.8 Å². The minimum atomic E-state index is -0.657. The predicted molar refractivity (Wildman–Crippen MR) is 367 cm³/mol. The first-order chi connectivity index (χ1) is 42.1. The molecule has 14 aromatic rings. The monoisotopic (exact) mass is 1130 g/mol. The number of hydrogen-bond donors (Lipinski definition) is 0. The molecule has 4 nitrogen and oxygen atoms in total. The van der Waals surface area contributed by atoms with E-state index in [1.807, 2.05) is 0 Å². The molecule has 2 aliphatic rings. The fourth-order valence-corrected chi connectivity index (χ4v) is 15.4. The summed E-state index contributed by atoms with van der Waals surface area (Å²) < 4.78 is 14.3. The van der Waals surface area contributed by atoms with E-state index in [0.717, 1.165) is 78.0 Å². The second-order valence-electron chi connectivity index (χ2n) is 27.1. The van der Waals surface area contributed by atoms with Crippen LogP contribution in [0.25, 0.3) is 87.7 Å². The molecule has 0 saturated carbocycles. The van der Waals surface area contributed by atoms with Gasteiger partial charge in [-0.25, -0.2) is 0 Å². The largest absolute Gasteiger partial charge is 0.454 e. The number of hydrogen-bond acceptors (Lipinski definition) is 4. The van der Waals surface area contributed by atoms with Crippen molar-refractivity contribution in [1.29, 1.82) is 0 Å². The molecule has 0 N–H and O–H groups in total. The summed E-state index contributed by atoms with van der Waals surface area (Å²) >= 11 is 0. The highest BCUT2D eigenvalue weighted by Crippen LogP contribution is 2.67. The van der Waals surface area contributed by atoms with Gasteiger partial charge >= 0.3 is 0 Å². The minimum Gasteiger partial charge on any atom is -0.454 e. The molecule has 0 unspecified atom stereocenters. The molecular weight excluding hydrogens is 1060 g/mol. The summed E-state index contributed by atoms with van der Waals surface area (Å²) in [5, 5.41) is 9.55. The highest BCUT2D eigenvalue weighted by molar-refractivity contribution is 6.15. The van der Waals surface area contributed by atoms with E-state index in [2.05, 4.69) is 310 Å². The third kappa shape index (κ3) is 7.69. The summed E-state index contributed by atoms with van der Waals surface area (Å²) in [6, 6.07) is 86.5. The van der Waals surface area contributed by atoms with Crippen LogP contribution in [-0.4, -0.2) is 0 Å². The van der Waals surface area contributed by atoms with E-state index in [-0.39, 0.29) is 22.7 Å². The Morgan fingerprint density at radius 2 is 0.678 bits per heavy atom. The fourth-order valence-electron chi connectivity index (χ4n) is 15.4. The molecule has 2 aliphatic carbocycles. The highest BCUT2D eigenvalue weighted by Gasteiger charge is 2.54. The lowest BCUT2D eigenvalue weighted by Crippen LogP contribution is -2.27. The van der Waals surface area contributed by atoms with E-state index >= 15 is 0 Å². The predicted octanol–water partition coefficient (Wildman–Crippen LogP) is 23.9. The van der Waals surface area contributed by atoms with Gasteiger partial charge in [-0.05, 0) is 173 Å². The number of nitrogens with zero attached hydrogens (tertiary/aromatic N) is 2. The van der Waals surface area contributed by atoms with Crippen LogP contribution in [0.4, 0.5) is 34.1 Å². The smallest absolute Gasteiger partial charge is 0.159 e. The first kappa shape index (κ1) is 52.9. The fraction of sp³-hybridized carbons (Fsp3) is 0.181. The summed E-state index contributed by atoms with van der Waals surface area (Å²) in [6.07, 6.45) is 0. The highest BCUT2D eigenvalue weighted by atomic mass is 16.3. The van der Waals surface area contributed by atoms with Gasteiger partial charge in [-0.3, -0.25) is 0 Å². The van der Waals surface area contributed by atoms with Crippen molar-refractivity contribution in [2.45, 2.75) is 97.3 Å². The summed E-state index contributed by atoms with van der Waals surface area (Å²) in [7, 11) is 0. The van der Waals surface area contributed by atoms with Gasteiger partial charge in [-0.1, -0.05) is 227 Å². The maximum absolute atomic E-state index is 7.16. The molecule has 0 amide bonds. The van der Waals surface area contributed by atoms with Crippen molar-refractivity contribution in [3.8, 4) is 22.3 Å². The Kier molecular flexibility index (Phi) is 11.7. The summed E-state index contributed by atoms with van der Waals surface area (Å²) in [5.74, 6) is 0.424. The molecule has 0 saturated heterocycles. The molecule has 4 heteroatoms. The quantitative estimate of drug-likeness (QED) is 0.152. The van der Waals surface area contributed by atoms with E-state index in [1.165, 1.54) is 88.3 Å². The van der Waals surface area contributed by atoms with Crippen LogP contribution >= 0.6 is 0 Å². The Bertz CT molecular complexity index is 4820. The number of benzene rings is 12. The van der Waals surface area contributed by atoms with Gasteiger partial charge in [0, 0.05) is 55.4 Å². The molecule has 0 atom stereocenters. The summed E-state index contributed by atoms with van der Waals surface area (Å²) in [6.45, 7) is 23.1. The number of rotatable bonds is 8. The molecule has 2 heterocycles. The number of anilines is 6. The van der Waals surface area contributed by atoms with Crippen molar-refractivity contribution in [3.63, 3.8) is 0 Å². The van der Waals surface area contributed by atoms with Crippen LogP contribution in [-0.2, 0) is 16.2 Å². The molecular formula is C83H70N2O2. The second-order valence-corrected chi connectivity index (χ2v) is 27.1. The van der Waals surface area contributed by atoms with Crippen LogP contribution in [0, 0.1) is 0 Å². The number of fused-ring (bicyclic) bond motifs is 20. The second kappa shape index (κ2) is 19.2. The molecule has 424 valence electrons. The van der Waals surface area contributed by atoms with Crippen LogP contribution in [0.2, 0.25) is 0 Å². The molecule has 2 aromatic heterocycles. The van der Waals surface area contributed by atoms with E-state index in [0.29, 0.717) is 0 Å². The van der Waals surface area contributed by atoms with E-state index in [9.17, 15) is 0 Å². The zero-order valence-corrected chi connectivity index (χ0v) is 51.3. The minimum absolute atomic E-state index is 0.102. The van der Waals surface area contributed by atoms with Gasteiger partial charge in [0.1, 0.15) is 11.2 Å². The van der Waals surface area contributed by atoms with Crippen LogP contribution in [0.5, 0.6) is 0 Å². The van der Waals surface area contributed by atoms with Crippen molar-refractivity contribution in [1.82, 2.24) is 0 Å². The van der Waals surface area contributed by atoms with Gasteiger partial charge in [-0.2, -0.15) is 0 Å². The Labute approximate surface area is 509 Å². The maximum atomic E-state index is 7.16. The maximum Gasteiger partial charge on any atom is 0.159 e. The lowest BCUT2D eigenvalue weighted by molar-refractivity contribution is 0.572. The van der Waals surface area contributed by atoms with E-state index in [1.54, 1.807) is 0 Å². The van der Waals surface area contributed by atoms with Crippen LogP contribution in [0.3, 0.4) is 0 Å². The Morgan fingerprint density at radius 3 is 1.07 bits per heavy atom. The molecule has 0 fully saturated rings. The van der Waals surface area contributed by atoms with Crippen molar-refractivity contribution < 1.29 is 8.83 Å². The Hall–Kier alpha value is -9.64. The van der Waals surface area contributed by atoms with Crippen LogP contribution < -0.4 is 9.80 Å². The molecule has 12 aromatic carbocycles. The zero-order valence-electron chi connectivity index (χ0n) is 51.3. The summed E-state index contributed by atoms with van der Waals surface area (Å²) in [5.41, 5.74) is 24.7.